The summed E-state index contributed by atoms with van der Waals surface area (Å²) < 4.78 is 11.1. The van der Waals surface area contributed by atoms with Gasteiger partial charge in [0.1, 0.15) is 5.82 Å². The Balaban J connectivity index is 1.15. The van der Waals surface area contributed by atoms with E-state index in [0.717, 1.165) is 90.4 Å². The lowest BCUT2D eigenvalue weighted by Gasteiger charge is -2.11. The number of hydrogen-bond acceptors (Lipinski definition) is 5. The molecule has 9 aromatic rings. The second-order valence-corrected chi connectivity index (χ2v) is 12.3. The van der Waals surface area contributed by atoms with Gasteiger partial charge >= 0.3 is 0 Å². The van der Waals surface area contributed by atoms with E-state index in [1.807, 2.05) is 24.5 Å². The number of para-hydroxylation sites is 3. The molecular weight excluding hydrogens is 605 g/mol. The van der Waals surface area contributed by atoms with Crippen LogP contribution >= 0.6 is 0 Å². The standard InChI is InChI=1S/C42H28N6O/c1-2-13-28(14-3-1)47-34-20-6-4-15-29(34)39-31(17-8-22-36(39)47)41-45-46-42(49-41)32-18-9-23-37-40(32)30-16-5-7-21-35(30)48(37)38-24-10-19-33(44-38)27-12-11-25-43-26-27/h1-10,13-26H,11-12H2. The van der Waals surface area contributed by atoms with Crippen LogP contribution in [0.2, 0.25) is 0 Å². The molecule has 0 bridgehead atoms. The van der Waals surface area contributed by atoms with Crippen LogP contribution in [0.5, 0.6) is 0 Å². The summed E-state index contributed by atoms with van der Waals surface area (Å²) in [6.07, 6.45) is 5.73. The Kier molecular flexibility index (Phi) is 6.17. The van der Waals surface area contributed by atoms with Gasteiger partial charge in [-0.15, -0.1) is 10.2 Å². The maximum atomic E-state index is 6.62. The number of aromatic nitrogens is 5. The van der Waals surface area contributed by atoms with E-state index in [0.29, 0.717) is 11.8 Å². The van der Waals surface area contributed by atoms with Gasteiger partial charge in [-0.05, 0) is 79.1 Å². The average molecular weight is 633 g/mol. The Morgan fingerprint density at radius 3 is 1.80 bits per heavy atom. The summed E-state index contributed by atoms with van der Waals surface area (Å²) >= 11 is 0. The predicted molar refractivity (Wildman–Crippen MR) is 197 cm³/mol. The van der Waals surface area contributed by atoms with E-state index in [9.17, 15) is 0 Å². The lowest BCUT2D eigenvalue weighted by atomic mass is 10.1. The highest BCUT2D eigenvalue weighted by molar-refractivity contribution is 6.16. The summed E-state index contributed by atoms with van der Waals surface area (Å²) in [5, 5.41) is 13.7. The van der Waals surface area contributed by atoms with Crippen LogP contribution in [-0.2, 0) is 0 Å². The highest BCUT2D eigenvalue weighted by atomic mass is 16.4. The van der Waals surface area contributed by atoms with E-state index in [1.165, 1.54) is 0 Å². The van der Waals surface area contributed by atoms with Gasteiger partial charge in [0.15, 0.2) is 0 Å². The normalized spacial score (nSPS) is 13.2. The fourth-order valence-corrected chi connectivity index (χ4v) is 7.36. The average Bonchev–Trinajstić information content (AvgIpc) is 3.89. The molecule has 232 valence electrons. The number of aliphatic imine (C=N–C) groups is 1. The van der Waals surface area contributed by atoms with Crippen molar-refractivity contribution in [3.05, 3.63) is 145 Å². The van der Waals surface area contributed by atoms with Gasteiger partial charge < -0.3 is 8.98 Å². The van der Waals surface area contributed by atoms with Crippen molar-refractivity contribution in [3.63, 3.8) is 0 Å². The molecule has 4 aromatic heterocycles. The molecule has 0 saturated heterocycles. The first-order valence-electron chi connectivity index (χ1n) is 16.5. The minimum atomic E-state index is 0.472. The quantitative estimate of drug-likeness (QED) is 0.189. The summed E-state index contributed by atoms with van der Waals surface area (Å²) in [5.74, 6) is 1.80. The molecule has 0 fully saturated rings. The Morgan fingerprint density at radius 2 is 1.12 bits per heavy atom. The summed E-state index contributed by atoms with van der Waals surface area (Å²) in [6, 6.07) is 46.1. The molecule has 10 rings (SSSR count). The van der Waals surface area contributed by atoms with Crippen LogP contribution in [0.15, 0.2) is 149 Å². The zero-order valence-corrected chi connectivity index (χ0v) is 26.4. The summed E-state index contributed by atoms with van der Waals surface area (Å²) in [6.45, 7) is 0. The molecule has 5 aromatic carbocycles. The third-order valence-electron chi connectivity index (χ3n) is 9.47. The highest BCUT2D eigenvalue weighted by Crippen LogP contribution is 2.41. The zero-order valence-electron chi connectivity index (χ0n) is 26.4. The number of allylic oxidation sites excluding steroid dienone is 1. The van der Waals surface area contributed by atoms with Crippen LogP contribution in [0, 0.1) is 0 Å². The molecule has 0 radical (unpaired) electrons. The van der Waals surface area contributed by atoms with Gasteiger partial charge in [0, 0.05) is 50.8 Å². The minimum absolute atomic E-state index is 0.472. The second kappa shape index (κ2) is 11.0. The maximum Gasteiger partial charge on any atom is 0.248 e. The van der Waals surface area contributed by atoms with E-state index < -0.39 is 0 Å². The molecule has 7 heteroatoms. The highest BCUT2D eigenvalue weighted by Gasteiger charge is 2.22. The Labute approximate surface area is 281 Å². The molecule has 49 heavy (non-hydrogen) atoms. The fraction of sp³-hybridized carbons (Fsp3) is 0.0476. The smallest absolute Gasteiger partial charge is 0.248 e. The van der Waals surface area contributed by atoms with Gasteiger partial charge in [-0.1, -0.05) is 72.8 Å². The molecule has 1 aliphatic heterocycles. The Bertz CT molecular complexity index is 2780. The van der Waals surface area contributed by atoms with Crippen molar-refractivity contribution in [1.82, 2.24) is 24.3 Å². The monoisotopic (exact) mass is 632 g/mol. The largest absolute Gasteiger partial charge is 0.416 e. The van der Waals surface area contributed by atoms with Crippen molar-refractivity contribution in [2.75, 3.05) is 0 Å². The maximum absolute atomic E-state index is 6.62. The number of nitrogens with zero attached hydrogens (tertiary/aromatic N) is 6. The molecule has 0 saturated carbocycles. The number of fused-ring (bicyclic) bond motifs is 6. The number of hydrogen-bond donors (Lipinski definition) is 0. The molecule has 0 amide bonds. The summed E-state index contributed by atoms with van der Waals surface area (Å²) in [4.78, 5) is 9.51. The third-order valence-corrected chi connectivity index (χ3v) is 9.47. The molecule has 0 unspecified atom stereocenters. The number of pyridine rings is 1. The van der Waals surface area contributed by atoms with E-state index in [1.54, 1.807) is 0 Å². The molecule has 0 N–H and O–H groups in total. The van der Waals surface area contributed by atoms with Crippen LogP contribution in [0.3, 0.4) is 0 Å². The van der Waals surface area contributed by atoms with Gasteiger partial charge in [0.2, 0.25) is 11.8 Å². The fourth-order valence-electron chi connectivity index (χ4n) is 7.36. The van der Waals surface area contributed by atoms with Gasteiger partial charge in [-0.25, -0.2) is 4.98 Å². The third kappa shape index (κ3) is 4.29. The number of benzene rings is 5. The Hall–Kier alpha value is -6.60. The van der Waals surface area contributed by atoms with E-state index in [-0.39, 0.29) is 0 Å². The predicted octanol–water partition coefficient (Wildman–Crippen LogP) is 10.2. The first-order valence-corrected chi connectivity index (χ1v) is 16.5. The van der Waals surface area contributed by atoms with Gasteiger partial charge in [0.05, 0.1) is 27.8 Å². The van der Waals surface area contributed by atoms with Gasteiger partial charge in [-0.3, -0.25) is 9.56 Å². The van der Waals surface area contributed by atoms with Crippen molar-refractivity contribution in [2.45, 2.75) is 12.8 Å². The summed E-state index contributed by atoms with van der Waals surface area (Å²) in [5.41, 5.74) is 9.26. The SMILES string of the molecule is C1=NC=C(c2cccc(-n3c4ccccc4c4c(-c5nnc(-c6cccc7c6c6ccccc6n7-c6ccccc6)o5)cccc43)n2)CC1. The molecule has 7 nitrogen and oxygen atoms in total. The minimum Gasteiger partial charge on any atom is -0.416 e. The second-order valence-electron chi connectivity index (χ2n) is 12.3. The van der Waals surface area contributed by atoms with E-state index in [2.05, 4.69) is 146 Å². The molecule has 0 aliphatic carbocycles. The van der Waals surface area contributed by atoms with Crippen LogP contribution < -0.4 is 0 Å². The molecule has 1 aliphatic rings. The summed E-state index contributed by atoms with van der Waals surface area (Å²) in [7, 11) is 0. The van der Waals surface area contributed by atoms with E-state index >= 15 is 0 Å². The lowest BCUT2D eigenvalue weighted by Crippen LogP contribution is -2.01. The zero-order chi connectivity index (χ0) is 32.3. The van der Waals surface area contributed by atoms with Crippen molar-refractivity contribution in [1.29, 1.82) is 0 Å². The van der Waals surface area contributed by atoms with Crippen LogP contribution in [0.4, 0.5) is 0 Å². The Morgan fingerprint density at radius 1 is 0.531 bits per heavy atom. The molecule has 5 heterocycles. The van der Waals surface area contributed by atoms with Crippen LogP contribution in [-0.4, -0.2) is 30.5 Å². The molecule has 0 spiro atoms. The van der Waals surface area contributed by atoms with E-state index in [4.69, 9.17) is 9.40 Å². The van der Waals surface area contributed by atoms with Crippen molar-refractivity contribution in [2.24, 2.45) is 4.99 Å². The topological polar surface area (TPSA) is 74.0 Å². The first kappa shape index (κ1) is 27.5. The van der Waals surface area contributed by atoms with Crippen molar-refractivity contribution in [3.8, 4) is 34.4 Å². The van der Waals surface area contributed by atoms with Gasteiger partial charge in [0.25, 0.3) is 0 Å². The van der Waals surface area contributed by atoms with Crippen LogP contribution in [0.1, 0.15) is 18.5 Å². The van der Waals surface area contributed by atoms with Crippen molar-refractivity contribution < 1.29 is 4.42 Å². The number of rotatable bonds is 5. The van der Waals surface area contributed by atoms with Gasteiger partial charge in [-0.2, -0.15) is 0 Å². The molecule has 0 atom stereocenters. The van der Waals surface area contributed by atoms with Crippen LogP contribution in [0.25, 0.3) is 83.6 Å². The lowest BCUT2D eigenvalue weighted by molar-refractivity contribution is 0.586. The molecular formula is C42H28N6O. The van der Waals surface area contributed by atoms with Crippen molar-refractivity contribution >= 4 is 55.4 Å². The first-order chi connectivity index (χ1) is 24.3.